The zero-order valence-electron chi connectivity index (χ0n) is 19.5. The van der Waals surface area contributed by atoms with Gasteiger partial charge in [0.1, 0.15) is 17.0 Å². The number of nitrogens with zero attached hydrogens (tertiary/aromatic N) is 4. The highest BCUT2D eigenvalue weighted by atomic mass is 19.1. The van der Waals surface area contributed by atoms with E-state index in [0.29, 0.717) is 28.4 Å². The quantitative estimate of drug-likeness (QED) is 0.287. The largest absolute Gasteiger partial charge is 0.324 e. The second-order valence-corrected chi connectivity index (χ2v) is 9.21. The molecular formula is C28H20FN7O. The molecule has 0 aliphatic heterocycles. The minimum Gasteiger partial charge on any atom is -0.324 e. The highest BCUT2D eigenvalue weighted by Crippen LogP contribution is 2.34. The molecule has 6 aromatic rings. The summed E-state index contributed by atoms with van der Waals surface area (Å²) in [5.74, 6) is 0.406. The number of pyridine rings is 2. The Kier molecular flexibility index (Phi) is 4.81. The summed E-state index contributed by atoms with van der Waals surface area (Å²) < 4.78 is 13.9. The molecule has 8 nitrogen and oxygen atoms in total. The highest BCUT2D eigenvalue weighted by molar-refractivity contribution is 5.98. The van der Waals surface area contributed by atoms with Crippen LogP contribution in [0.5, 0.6) is 0 Å². The van der Waals surface area contributed by atoms with E-state index < -0.39 is 0 Å². The molecule has 0 atom stereocenters. The predicted molar refractivity (Wildman–Crippen MR) is 139 cm³/mol. The Morgan fingerprint density at radius 1 is 1.00 bits per heavy atom. The van der Waals surface area contributed by atoms with Crippen LogP contribution in [-0.2, 0) is 4.79 Å². The summed E-state index contributed by atoms with van der Waals surface area (Å²) in [6.45, 7) is 0. The van der Waals surface area contributed by atoms with E-state index in [-0.39, 0.29) is 17.6 Å². The lowest BCUT2D eigenvalue weighted by Gasteiger charge is -2.07. The fourth-order valence-corrected chi connectivity index (χ4v) is 4.54. The third-order valence-electron chi connectivity index (χ3n) is 6.59. The van der Waals surface area contributed by atoms with Crippen molar-refractivity contribution in [2.24, 2.45) is 5.92 Å². The van der Waals surface area contributed by atoms with Gasteiger partial charge in [0.25, 0.3) is 0 Å². The second-order valence-electron chi connectivity index (χ2n) is 9.21. The van der Waals surface area contributed by atoms with Gasteiger partial charge >= 0.3 is 0 Å². The summed E-state index contributed by atoms with van der Waals surface area (Å²) in [5, 5.41) is 11.4. The molecule has 1 amide bonds. The maximum atomic E-state index is 13.9. The fourth-order valence-electron chi connectivity index (χ4n) is 4.54. The number of carbonyl (C=O) groups excluding carboxylic acids is 1. The van der Waals surface area contributed by atoms with Crippen LogP contribution in [0.4, 0.5) is 10.1 Å². The van der Waals surface area contributed by atoms with Crippen LogP contribution in [0.2, 0.25) is 0 Å². The zero-order valence-corrected chi connectivity index (χ0v) is 19.5. The smallest absolute Gasteiger partial charge is 0.227 e. The van der Waals surface area contributed by atoms with Crippen molar-refractivity contribution in [2.75, 3.05) is 5.32 Å². The topological polar surface area (TPSA) is 112 Å². The van der Waals surface area contributed by atoms with Crippen molar-refractivity contribution in [1.29, 1.82) is 0 Å². The molecule has 1 aliphatic rings. The molecule has 4 heterocycles. The molecule has 1 aliphatic carbocycles. The van der Waals surface area contributed by atoms with Gasteiger partial charge < -0.3 is 10.3 Å². The molecule has 0 unspecified atom stereocenters. The number of carbonyl (C=O) groups is 1. The number of halogens is 1. The number of hydrogen-bond donors (Lipinski definition) is 3. The Labute approximate surface area is 210 Å². The van der Waals surface area contributed by atoms with Gasteiger partial charge in [-0.15, -0.1) is 0 Å². The lowest BCUT2D eigenvalue weighted by Crippen LogP contribution is -2.13. The first-order chi connectivity index (χ1) is 18.1. The maximum Gasteiger partial charge on any atom is 0.227 e. The fraction of sp³-hybridized carbons (Fsp3) is 0.107. The van der Waals surface area contributed by atoms with E-state index in [4.69, 9.17) is 4.98 Å². The first-order valence-corrected chi connectivity index (χ1v) is 12.0. The van der Waals surface area contributed by atoms with E-state index in [9.17, 15) is 9.18 Å². The van der Waals surface area contributed by atoms with Gasteiger partial charge in [-0.3, -0.25) is 14.9 Å². The maximum absolute atomic E-state index is 13.9. The summed E-state index contributed by atoms with van der Waals surface area (Å²) in [4.78, 5) is 29.0. The van der Waals surface area contributed by atoms with Crippen LogP contribution >= 0.6 is 0 Å². The van der Waals surface area contributed by atoms with Crippen LogP contribution in [-0.4, -0.2) is 36.0 Å². The third-order valence-corrected chi connectivity index (χ3v) is 6.59. The summed E-state index contributed by atoms with van der Waals surface area (Å²) in [6, 6.07) is 16.1. The number of amides is 1. The molecule has 0 spiro atoms. The van der Waals surface area contributed by atoms with Crippen LogP contribution in [0.25, 0.3) is 55.8 Å². The van der Waals surface area contributed by atoms with Gasteiger partial charge in [0, 0.05) is 34.8 Å². The Hall–Kier alpha value is -4.92. The molecule has 180 valence electrons. The first kappa shape index (κ1) is 21.4. The zero-order chi connectivity index (χ0) is 24.9. The van der Waals surface area contributed by atoms with Gasteiger partial charge in [0.05, 0.1) is 17.4 Å². The molecule has 1 fully saturated rings. The van der Waals surface area contributed by atoms with Crippen LogP contribution < -0.4 is 5.32 Å². The van der Waals surface area contributed by atoms with E-state index in [0.717, 1.165) is 46.0 Å². The molecule has 2 aromatic carbocycles. The predicted octanol–water partition coefficient (Wildman–Crippen LogP) is 5.72. The van der Waals surface area contributed by atoms with Crippen molar-refractivity contribution >= 4 is 33.7 Å². The van der Waals surface area contributed by atoms with Crippen molar-refractivity contribution in [3.63, 3.8) is 0 Å². The SMILES string of the molecule is O=C(Nc1cncc(-c2ccc3[nH]nc(-c4nc5c(-c6cccc(F)c6)ccnc5[nH]4)c3c2)c1)C1CC1. The number of rotatable bonds is 5. The normalized spacial score (nSPS) is 13.3. The minimum absolute atomic E-state index is 0.0441. The molecule has 9 heteroatoms. The second kappa shape index (κ2) is 8.34. The monoisotopic (exact) mass is 489 g/mol. The molecule has 0 bridgehead atoms. The number of H-pyrrole nitrogens is 2. The number of aromatic amines is 2. The average Bonchev–Trinajstić information content (AvgIpc) is 3.55. The standard InChI is InChI=1S/C28H20FN7O/c29-19-3-1-2-17(10-19)21-8-9-31-26-24(21)33-27(34-26)25-22-12-16(6-7-23(22)35-36-25)18-11-20(14-30-13-18)32-28(37)15-4-5-15/h1-3,6-15H,4-5H2,(H,32,37)(H,35,36)(H,31,33,34). The molecule has 3 N–H and O–H groups in total. The van der Waals surface area contributed by atoms with Gasteiger partial charge in [-0.05, 0) is 60.4 Å². The van der Waals surface area contributed by atoms with Crippen molar-refractivity contribution in [3.05, 3.63) is 79.0 Å². The lowest BCUT2D eigenvalue weighted by atomic mass is 10.0. The Bertz CT molecular complexity index is 1820. The van der Waals surface area contributed by atoms with Crippen molar-refractivity contribution in [3.8, 4) is 33.8 Å². The molecule has 0 saturated heterocycles. The van der Waals surface area contributed by atoms with Gasteiger partial charge in [0.2, 0.25) is 5.91 Å². The van der Waals surface area contributed by atoms with Gasteiger partial charge in [0.15, 0.2) is 11.5 Å². The minimum atomic E-state index is -0.310. The van der Waals surface area contributed by atoms with Crippen molar-refractivity contribution < 1.29 is 9.18 Å². The van der Waals surface area contributed by atoms with E-state index >= 15 is 0 Å². The van der Waals surface area contributed by atoms with Gasteiger partial charge in [-0.2, -0.15) is 5.10 Å². The number of anilines is 1. The average molecular weight is 490 g/mol. The lowest BCUT2D eigenvalue weighted by molar-refractivity contribution is -0.117. The molecule has 0 radical (unpaired) electrons. The number of aromatic nitrogens is 6. The summed E-state index contributed by atoms with van der Waals surface area (Å²) in [7, 11) is 0. The van der Waals surface area contributed by atoms with Crippen LogP contribution in [0, 0.1) is 11.7 Å². The molecule has 1 saturated carbocycles. The van der Waals surface area contributed by atoms with Crippen LogP contribution in [0.15, 0.2) is 73.2 Å². The molecule has 4 aromatic heterocycles. The number of hydrogen-bond acceptors (Lipinski definition) is 5. The van der Waals surface area contributed by atoms with E-state index in [1.165, 1.54) is 12.1 Å². The Morgan fingerprint density at radius 2 is 1.92 bits per heavy atom. The summed E-state index contributed by atoms with van der Waals surface area (Å²) >= 11 is 0. The van der Waals surface area contributed by atoms with Gasteiger partial charge in [-0.25, -0.2) is 14.4 Å². The summed E-state index contributed by atoms with van der Waals surface area (Å²) in [5.41, 5.74) is 6.71. The third kappa shape index (κ3) is 3.90. The van der Waals surface area contributed by atoms with Crippen molar-refractivity contribution in [1.82, 2.24) is 30.1 Å². The number of imidazole rings is 1. The van der Waals surface area contributed by atoms with Gasteiger partial charge in [-0.1, -0.05) is 18.2 Å². The highest BCUT2D eigenvalue weighted by Gasteiger charge is 2.29. The molecule has 37 heavy (non-hydrogen) atoms. The van der Waals surface area contributed by atoms with Crippen LogP contribution in [0.3, 0.4) is 0 Å². The first-order valence-electron chi connectivity index (χ1n) is 12.0. The Morgan fingerprint density at radius 3 is 2.78 bits per heavy atom. The number of nitrogens with one attached hydrogen (secondary N) is 3. The molecular weight excluding hydrogens is 469 g/mol. The van der Waals surface area contributed by atoms with E-state index in [1.54, 1.807) is 24.7 Å². The van der Waals surface area contributed by atoms with Crippen molar-refractivity contribution in [2.45, 2.75) is 12.8 Å². The summed E-state index contributed by atoms with van der Waals surface area (Å²) in [6.07, 6.45) is 6.99. The Balaban J connectivity index is 1.28. The number of benzene rings is 2. The number of fused-ring (bicyclic) bond motifs is 2. The van der Waals surface area contributed by atoms with E-state index in [2.05, 4.69) is 30.5 Å². The van der Waals surface area contributed by atoms with Crippen LogP contribution in [0.1, 0.15) is 12.8 Å². The molecule has 7 rings (SSSR count). The van der Waals surface area contributed by atoms with E-state index in [1.807, 2.05) is 36.4 Å².